The number of rotatable bonds is 5. The topological polar surface area (TPSA) is 78.0 Å². The number of carbonyl (C=O) groups is 2. The molecule has 2 aliphatic heterocycles. The molecule has 0 saturated carbocycles. The van der Waals surface area contributed by atoms with E-state index < -0.39 is 21.8 Å². The minimum absolute atomic E-state index is 0.133. The van der Waals surface area contributed by atoms with Gasteiger partial charge in [-0.1, -0.05) is 61.0 Å². The summed E-state index contributed by atoms with van der Waals surface area (Å²) in [5.74, 6) is -1.51. The number of benzene rings is 2. The zero-order valence-corrected chi connectivity index (χ0v) is 19.9. The van der Waals surface area contributed by atoms with Gasteiger partial charge in [0.1, 0.15) is 0 Å². The summed E-state index contributed by atoms with van der Waals surface area (Å²) in [4.78, 5) is 29.3. The highest BCUT2D eigenvalue weighted by Crippen LogP contribution is 2.32. The van der Waals surface area contributed by atoms with Crippen molar-refractivity contribution in [1.29, 1.82) is 0 Å². The van der Waals surface area contributed by atoms with Gasteiger partial charge in [-0.15, -0.1) is 0 Å². The molecule has 1 atom stereocenters. The lowest BCUT2D eigenvalue weighted by molar-refractivity contribution is -0.119. The van der Waals surface area contributed by atoms with Gasteiger partial charge in [0.05, 0.1) is 27.9 Å². The molecule has 2 aromatic rings. The van der Waals surface area contributed by atoms with E-state index in [1.807, 2.05) is 18.2 Å². The number of sulfonamides is 1. The molecular weight excluding hydrogens is 462 g/mol. The van der Waals surface area contributed by atoms with Crippen LogP contribution >= 0.6 is 11.6 Å². The van der Waals surface area contributed by atoms with Crippen molar-refractivity contribution in [2.45, 2.75) is 6.92 Å². The highest BCUT2D eigenvalue weighted by Gasteiger charge is 2.42. The fourth-order valence-corrected chi connectivity index (χ4v) is 6.16. The predicted molar refractivity (Wildman–Crippen MR) is 130 cm³/mol. The molecule has 4 rings (SSSR count). The number of nitrogens with zero attached hydrogens (tertiary/aromatic N) is 3. The van der Waals surface area contributed by atoms with E-state index in [1.54, 1.807) is 11.8 Å². The largest absolute Gasteiger partial charge is 0.336 e. The van der Waals surface area contributed by atoms with Crippen LogP contribution in [0.5, 0.6) is 0 Å². The van der Waals surface area contributed by atoms with Crippen LogP contribution < -0.4 is 4.31 Å². The molecular formula is C24H26ClN3O4S. The summed E-state index contributed by atoms with van der Waals surface area (Å²) in [6.45, 7) is 5.04. The monoisotopic (exact) mass is 487 g/mol. The summed E-state index contributed by atoms with van der Waals surface area (Å²) in [6, 6.07) is 14.5. The molecule has 1 unspecified atom stereocenters. The number of halogens is 1. The number of hydrogen-bond donors (Lipinski definition) is 0. The molecule has 7 nitrogen and oxygen atoms in total. The third kappa shape index (κ3) is 5.13. The molecule has 33 heavy (non-hydrogen) atoms. The first-order chi connectivity index (χ1) is 15.8. The van der Waals surface area contributed by atoms with E-state index >= 15 is 0 Å². The maximum atomic E-state index is 13.0. The zero-order valence-electron chi connectivity index (χ0n) is 18.4. The molecule has 0 aromatic heterocycles. The van der Waals surface area contributed by atoms with Crippen molar-refractivity contribution in [3.63, 3.8) is 0 Å². The Balaban J connectivity index is 1.37. The van der Waals surface area contributed by atoms with Crippen molar-refractivity contribution in [3.8, 4) is 0 Å². The fourth-order valence-electron chi connectivity index (χ4n) is 4.10. The van der Waals surface area contributed by atoms with Gasteiger partial charge in [0.25, 0.3) is 5.91 Å². The van der Waals surface area contributed by atoms with Crippen molar-refractivity contribution in [3.05, 3.63) is 70.8 Å². The Labute approximate surface area is 199 Å². The lowest BCUT2D eigenvalue weighted by Crippen LogP contribution is -2.48. The molecule has 2 aromatic carbocycles. The zero-order chi connectivity index (χ0) is 23.6. The smallest absolute Gasteiger partial charge is 0.255 e. The van der Waals surface area contributed by atoms with Gasteiger partial charge in [-0.2, -0.15) is 0 Å². The Hall–Kier alpha value is -2.68. The first kappa shape index (κ1) is 23.5. The number of hydrogen-bond acceptors (Lipinski definition) is 5. The van der Waals surface area contributed by atoms with Crippen LogP contribution in [0.15, 0.2) is 54.6 Å². The van der Waals surface area contributed by atoms with Gasteiger partial charge < -0.3 is 4.90 Å². The van der Waals surface area contributed by atoms with Gasteiger partial charge in [-0.3, -0.25) is 14.5 Å². The highest BCUT2D eigenvalue weighted by molar-refractivity contribution is 7.94. The standard InChI is InChI=1S/C24H26ClN3O4S/c1-18-17-33(31,32)28(23(18)29)20-9-10-21(22(25)16-20)24(30)27-14-12-26(13-15-27)11-5-8-19-6-3-2-4-7-19/h2-10,16,18H,11-15,17H2,1H3/b8-5+. The highest BCUT2D eigenvalue weighted by atomic mass is 35.5. The van der Waals surface area contributed by atoms with Gasteiger partial charge in [-0.25, -0.2) is 12.7 Å². The van der Waals surface area contributed by atoms with E-state index in [1.165, 1.54) is 18.2 Å². The number of piperazine rings is 1. The Morgan fingerprint density at radius 3 is 2.39 bits per heavy atom. The van der Waals surface area contributed by atoms with Gasteiger partial charge >= 0.3 is 0 Å². The maximum absolute atomic E-state index is 13.0. The SMILES string of the molecule is CC1CS(=O)(=O)N(c2ccc(C(=O)N3CCN(C/C=C/c4ccccc4)CC3)c(Cl)c2)C1=O. The van der Waals surface area contributed by atoms with Crippen molar-refractivity contribution in [2.24, 2.45) is 5.92 Å². The molecule has 0 radical (unpaired) electrons. The van der Waals surface area contributed by atoms with Crippen molar-refractivity contribution >= 4 is 45.2 Å². The predicted octanol–water partition coefficient (Wildman–Crippen LogP) is 3.12. The lowest BCUT2D eigenvalue weighted by Gasteiger charge is -2.34. The Kier molecular flexibility index (Phi) is 6.88. The average Bonchev–Trinajstić information content (AvgIpc) is 3.00. The summed E-state index contributed by atoms with van der Waals surface area (Å²) < 4.78 is 25.4. The second kappa shape index (κ2) is 9.67. The number of carbonyl (C=O) groups excluding carboxylic acids is 2. The number of anilines is 1. The average molecular weight is 488 g/mol. The second-order valence-corrected chi connectivity index (χ2v) is 10.6. The molecule has 0 bridgehead atoms. The van der Waals surface area contributed by atoms with Gasteiger partial charge in [0, 0.05) is 32.7 Å². The first-order valence-electron chi connectivity index (χ1n) is 10.9. The van der Waals surface area contributed by atoms with E-state index in [0.29, 0.717) is 18.7 Å². The van der Waals surface area contributed by atoms with Crippen molar-refractivity contribution in [2.75, 3.05) is 42.8 Å². The van der Waals surface area contributed by atoms with Crippen LogP contribution in [0.3, 0.4) is 0 Å². The van der Waals surface area contributed by atoms with E-state index in [4.69, 9.17) is 11.6 Å². The molecule has 0 spiro atoms. The third-order valence-electron chi connectivity index (χ3n) is 5.91. The fraction of sp³-hybridized carbons (Fsp3) is 0.333. The minimum atomic E-state index is -3.72. The van der Waals surface area contributed by atoms with Gasteiger partial charge in [0.15, 0.2) is 0 Å². The molecule has 2 saturated heterocycles. The first-order valence-corrected chi connectivity index (χ1v) is 12.8. The summed E-state index contributed by atoms with van der Waals surface area (Å²) >= 11 is 6.35. The van der Waals surface area contributed by atoms with Crippen LogP contribution in [0.4, 0.5) is 5.69 Å². The molecule has 2 heterocycles. The van der Waals surface area contributed by atoms with Crippen LogP contribution in [-0.2, 0) is 14.8 Å². The molecule has 174 valence electrons. The van der Waals surface area contributed by atoms with Crippen LogP contribution in [0.1, 0.15) is 22.8 Å². The summed E-state index contributed by atoms with van der Waals surface area (Å²) in [5, 5.41) is 0.133. The van der Waals surface area contributed by atoms with Crippen molar-refractivity contribution in [1.82, 2.24) is 9.80 Å². The third-order valence-corrected chi connectivity index (χ3v) is 8.09. The van der Waals surface area contributed by atoms with Crippen molar-refractivity contribution < 1.29 is 18.0 Å². The Morgan fingerprint density at radius 1 is 1.09 bits per heavy atom. The van der Waals surface area contributed by atoms with Crippen LogP contribution in [0.2, 0.25) is 5.02 Å². The summed E-state index contributed by atoms with van der Waals surface area (Å²) in [6.07, 6.45) is 4.21. The quantitative estimate of drug-likeness (QED) is 0.647. The van der Waals surface area contributed by atoms with E-state index in [-0.39, 0.29) is 22.4 Å². The Bertz CT molecular complexity index is 1180. The van der Waals surface area contributed by atoms with E-state index in [2.05, 4.69) is 29.2 Å². The van der Waals surface area contributed by atoms with Gasteiger partial charge in [0.2, 0.25) is 15.9 Å². The summed E-state index contributed by atoms with van der Waals surface area (Å²) in [5.41, 5.74) is 1.62. The maximum Gasteiger partial charge on any atom is 0.255 e. The molecule has 0 aliphatic carbocycles. The van der Waals surface area contributed by atoms with Gasteiger partial charge in [-0.05, 0) is 23.8 Å². The lowest BCUT2D eigenvalue weighted by atomic mass is 10.1. The molecule has 0 N–H and O–H groups in total. The molecule has 2 aliphatic rings. The summed E-state index contributed by atoms with van der Waals surface area (Å²) in [7, 11) is -3.72. The molecule has 9 heteroatoms. The normalized spacial score (nSPS) is 21.2. The van der Waals surface area contributed by atoms with Crippen LogP contribution in [0.25, 0.3) is 6.08 Å². The molecule has 2 fully saturated rings. The molecule has 2 amide bonds. The second-order valence-electron chi connectivity index (χ2n) is 8.35. The van der Waals surface area contributed by atoms with Crippen LogP contribution in [-0.4, -0.2) is 68.5 Å². The van der Waals surface area contributed by atoms with E-state index in [0.717, 1.165) is 29.5 Å². The van der Waals surface area contributed by atoms with E-state index in [9.17, 15) is 18.0 Å². The minimum Gasteiger partial charge on any atom is -0.336 e. The number of amides is 2. The van der Waals surface area contributed by atoms with Crippen LogP contribution in [0, 0.1) is 5.92 Å². The Morgan fingerprint density at radius 2 is 1.79 bits per heavy atom.